The van der Waals surface area contributed by atoms with Crippen LogP contribution in [0.15, 0.2) is 102 Å². The van der Waals surface area contributed by atoms with E-state index in [0.717, 1.165) is 22.0 Å². The Labute approximate surface area is 217 Å². The summed E-state index contributed by atoms with van der Waals surface area (Å²) in [6.07, 6.45) is 0.422. The molecule has 5 aromatic rings. The van der Waals surface area contributed by atoms with Gasteiger partial charge in [0, 0.05) is 13.0 Å². The molecule has 0 aliphatic rings. The van der Waals surface area contributed by atoms with Gasteiger partial charge in [-0.05, 0) is 53.4 Å². The molecule has 4 aromatic carbocycles. The first kappa shape index (κ1) is 24.4. The molecule has 0 aliphatic carbocycles. The van der Waals surface area contributed by atoms with Crippen LogP contribution < -0.4 is 5.56 Å². The number of carbonyl (C=O) groups is 1. The molecule has 0 aliphatic heterocycles. The third kappa shape index (κ3) is 5.03. The molecule has 5 heteroatoms. The molecule has 1 amide bonds. The molecule has 37 heavy (non-hydrogen) atoms. The van der Waals surface area contributed by atoms with Crippen LogP contribution in [-0.4, -0.2) is 20.4 Å². The number of amides is 1. The predicted octanol–water partition coefficient (Wildman–Crippen LogP) is 6.67. The zero-order valence-corrected chi connectivity index (χ0v) is 21.5. The van der Waals surface area contributed by atoms with Gasteiger partial charge in [-0.3, -0.25) is 14.2 Å². The zero-order valence-electron chi connectivity index (χ0n) is 21.5. The summed E-state index contributed by atoms with van der Waals surface area (Å²) in [4.78, 5) is 34.3. The van der Waals surface area contributed by atoms with Crippen molar-refractivity contribution in [1.82, 2.24) is 14.5 Å². The van der Waals surface area contributed by atoms with Gasteiger partial charge >= 0.3 is 0 Å². The normalized spacial score (nSPS) is 12.2. The van der Waals surface area contributed by atoms with Crippen LogP contribution in [0.2, 0.25) is 0 Å². The van der Waals surface area contributed by atoms with Crippen molar-refractivity contribution in [3.05, 3.63) is 119 Å². The minimum Gasteiger partial charge on any atom is -0.328 e. The van der Waals surface area contributed by atoms with Gasteiger partial charge in [0.15, 0.2) is 0 Å². The number of nitrogens with zero attached hydrogens (tertiary/aromatic N) is 3. The summed E-state index contributed by atoms with van der Waals surface area (Å²) in [6, 6.07) is 31.0. The van der Waals surface area contributed by atoms with Gasteiger partial charge in [0.1, 0.15) is 5.82 Å². The maximum Gasteiger partial charge on any atom is 0.266 e. The van der Waals surface area contributed by atoms with E-state index in [2.05, 4.69) is 6.07 Å². The Morgan fingerprint density at radius 3 is 2.27 bits per heavy atom. The largest absolute Gasteiger partial charge is 0.328 e. The zero-order chi connectivity index (χ0) is 25.9. The van der Waals surface area contributed by atoms with E-state index in [0.29, 0.717) is 29.7 Å². The standard InChI is InChI=1S/C32H31N3O2/c1-22(2)19-30(36)34(21-24-11-5-4-6-12-24)23(3)31-33-29-16-10-9-15-28(29)32(37)35(31)27-18-17-25-13-7-8-14-26(25)20-27/h4-18,20,22-23H,19,21H2,1-3H3. The second-order valence-corrected chi connectivity index (χ2v) is 9.94. The second kappa shape index (κ2) is 10.4. The Bertz CT molecular complexity index is 1620. The van der Waals surface area contributed by atoms with Crippen LogP contribution in [0.5, 0.6) is 0 Å². The van der Waals surface area contributed by atoms with E-state index in [4.69, 9.17) is 4.98 Å². The van der Waals surface area contributed by atoms with Gasteiger partial charge in [0.25, 0.3) is 5.56 Å². The Hall–Kier alpha value is -4.25. The average molecular weight is 490 g/mol. The molecule has 0 spiro atoms. The van der Waals surface area contributed by atoms with Gasteiger partial charge in [-0.15, -0.1) is 0 Å². The topological polar surface area (TPSA) is 55.2 Å². The molecule has 186 valence electrons. The molecule has 0 saturated heterocycles. The molecular formula is C32H31N3O2. The number of hydrogen-bond donors (Lipinski definition) is 0. The molecule has 1 unspecified atom stereocenters. The molecule has 0 radical (unpaired) electrons. The molecule has 0 saturated carbocycles. The van der Waals surface area contributed by atoms with Gasteiger partial charge in [-0.1, -0.05) is 86.6 Å². The van der Waals surface area contributed by atoms with Crippen LogP contribution in [0.1, 0.15) is 44.6 Å². The Morgan fingerprint density at radius 2 is 1.51 bits per heavy atom. The minimum absolute atomic E-state index is 0.0406. The van der Waals surface area contributed by atoms with Gasteiger partial charge in [0.05, 0.1) is 22.6 Å². The SMILES string of the molecule is CC(C)CC(=O)N(Cc1ccccc1)C(C)c1nc2ccccc2c(=O)n1-c1ccc2ccccc2c1. The maximum absolute atomic E-state index is 13.9. The number of fused-ring (bicyclic) bond motifs is 2. The molecular weight excluding hydrogens is 458 g/mol. The van der Waals surface area contributed by atoms with Crippen molar-refractivity contribution in [2.75, 3.05) is 0 Å². The van der Waals surface area contributed by atoms with Crippen molar-refractivity contribution < 1.29 is 4.79 Å². The highest BCUT2D eigenvalue weighted by Crippen LogP contribution is 2.27. The van der Waals surface area contributed by atoms with Crippen LogP contribution in [-0.2, 0) is 11.3 Å². The Morgan fingerprint density at radius 1 is 0.838 bits per heavy atom. The number of hydrogen-bond acceptors (Lipinski definition) is 3. The second-order valence-electron chi connectivity index (χ2n) is 9.94. The lowest BCUT2D eigenvalue weighted by Gasteiger charge is -2.31. The quantitative estimate of drug-likeness (QED) is 0.256. The van der Waals surface area contributed by atoms with Crippen molar-refractivity contribution >= 4 is 27.6 Å². The fourth-order valence-electron chi connectivity index (χ4n) is 4.82. The van der Waals surface area contributed by atoms with Crippen LogP contribution in [0.3, 0.4) is 0 Å². The third-order valence-corrected chi connectivity index (χ3v) is 6.73. The van der Waals surface area contributed by atoms with Gasteiger partial charge in [-0.2, -0.15) is 0 Å². The summed E-state index contributed by atoms with van der Waals surface area (Å²) in [5.41, 5.74) is 2.26. The van der Waals surface area contributed by atoms with E-state index in [1.807, 2.05) is 117 Å². The molecule has 1 atom stereocenters. The van der Waals surface area contributed by atoms with Crippen molar-refractivity contribution in [2.24, 2.45) is 5.92 Å². The first-order valence-electron chi connectivity index (χ1n) is 12.8. The van der Waals surface area contributed by atoms with Crippen molar-refractivity contribution in [3.8, 4) is 5.69 Å². The maximum atomic E-state index is 13.9. The highest BCUT2D eigenvalue weighted by atomic mass is 16.2. The first-order chi connectivity index (χ1) is 17.9. The number of rotatable bonds is 7. The number of aromatic nitrogens is 2. The van der Waals surface area contributed by atoms with E-state index in [1.165, 1.54) is 0 Å². The lowest BCUT2D eigenvalue weighted by atomic mass is 10.1. The number of carbonyl (C=O) groups excluding carboxylic acids is 1. The number of benzene rings is 4. The van der Waals surface area contributed by atoms with Crippen LogP contribution in [0, 0.1) is 5.92 Å². The van der Waals surface area contributed by atoms with Gasteiger partial charge in [0.2, 0.25) is 5.91 Å². The highest BCUT2D eigenvalue weighted by Gasteiger charge is 2.27. The van der Waals surface area contributed by atoms with E-state index in [1.54, 1.807) is 4.57 Å². The summed E-state index contributed by atoms with van der Waals surface area (Å²) in [5.74, 6) is 0.802. The molecule has 0 N–H and O–H groups in total. The first-order valence-corrected chi connectivity index (χ1v) is 12.8. The minimum atomic E-state index is -0.435. The van der Waals surface area contributed by atoms with E-state index >= 15 is 0 Å². The summed E-state index contributed by atoms with van der Waals surface area (Å²) in [6.45, 7) is 6.49. The van der Waals surface area contributed by atoms with Gasteiger partial charge < -0.3 is 4.90 Å². The van der Waals surface area contributed by atoms with Crippen LogP contribution in [0.25, 0.3) is 27.4 Å². The lowest BCUT2D eigenvalue weighted by Crippen LogP contribution is -2.37. The van der Waals surface area contributed by atoms with E-state index in [-0.39, 0.29) is 17.4 Å². The molecule has 5 rings (SSSR count). The fraction of sp³-hybridized carbons (Fsp3) is 0.219. The highest BCUT2D eigenvalue weighted by molar-refractivity contribution is 5.85. The molecule has 1 aromatic heterocycles. The summed E-state index contributed by atoms with van der Waals surface area (Å²) in [7, 11) is 0. The fourth-order valence-corrected chi connectivity index (χ4v) is 4.82. The molecule has 0 bridgehead atoms. The van der Waals surface area contributed by atoms with Crippen LogP contribution in [0.4, 0.5) is 0 Å². The average Bonchev–Trinajstić information content (AvgIpc) is 2.91. The molecule has 5 nitrogen and oxygen atoms in total. The van der Waals surface area contributed by atoms with Crippen LogP contribution >= 0.6 is 0 Å². The summed E-state index contributed by atoms with van der Waals surface area (Å²) in [5, 5.41) is 2.69. The monoisotopic (exact) mass is 489 g/mol. The lowest BCUT2D eigenvalue weighted by molar-refractivity contribution is -0.135. The molecule has 1 heterocycles. The number of para-hydroxylation sites is 1. The van der Waals surface area contributed by atoms with E-state index < -0.39 is 6.04 Å². The van der Waals surface area contributed by atoms with Crippen molar-refractivity contribution in [1.29, 1.82) is 0 Å². The molecule has 0 fully saturated rings. The smallest absolute Gasteiger partial charge is 0.266 e. The summed E-state index contributed by atoms with van der Waals surface area (Å²) >= 11 is 0. The Balaban J connectivity index is 1.70. The van der Waals surface area contributed by atoms with Crippen molar-refractivity contribution in [2.45, 2.75) is 39.8 Å². The third-order valence-electron chi connectivity index (χ3n) is 6.73. The van der Waals surface area contributed by atoms with Gasteiger partial charge in [-0.25, -0.2) is 4.98 Å². The predicted molar refractivity (Wildman–Crippen MR) is 150 cm³/mol. The summed E-state index contributed by atoms with van der Waals surface area (Å²) < 4.78 is 1.68. The van der Waals surface area contributed by atoms with E-state index in [9.17, 15) is 9.59 Å². The Kier molecular flexibility index (Phi) is 6.87. The van der Waals surface area contributed by atoms with Crippen molar-refractivity contribution in [3.63, 3.8) is 0 Å².